The lowest BCUT2D eigenvalue weighted by molar-refractivity contribution is 0.171. The van der Waals surface area contributed by atoms with E-state index in [2.05, 4.69) is 21.2 Å². The average Bonchev–Trinajstić information content (AvgIpc) is 2.21. The summed E-state index contributed by atoms with van der Waals surface area (Å²) >= 11 is 3.04. The van der Waals surface area contributed by atoms with Crippen LogP contribution < -0.4 is 5.32 Å². The van der Waals surface area contributed by atoms with E-state index in [0.717, 1.165) is 0 Å². The fraction of sp³-hybridized carbons (Fsp3) is 0.500. The minimum atomic E-state index is -0.612. The van der Waals surface area contributed by atoms with Gasteiger partial charge in [0.15, 0.2) is 0 Å². The van der Waals surface area contributed by atoms with Gasteiger partial charge in [0.25, 0.3) is 0 Å². The Labute approximate surface area is 108 Å². The predicted molar refractivity (Wildman–Crippen MR) is 68.2 cm³/mol. The van der Waals surface area contributed by atoms with Gasteiger partial charge in [-0.15, -0.1) is 0 Å². The molecule has 0 saturated heterocycles. The second-order valence-corrected chi connectivity index (χ2v) is 5.11. The molecule has 17 heavy (non-hydrogen) atoms. The van der Waals surface area contributed by atoms with E-state index in [1.807, 2.05) is 13.8 Å². The van der Waals surface area contributed by atoms with Crippen molar-refractivity contribution < 1.29 is 13.5 Å². The van der Waals surface area contributed by atoms with Gasteiger partial charge in [-0.05, 0) is 18.1 Å². The summed E-state index contributed by atoms with van der Waals surface area (Å²) in [7, 11) is 1.56. The molecule has 0 aliphatic carbocycles. The molecule has 96 valence electrons. The Morgan fingerprint density at radius 2 is 1.82 bits per heavy atom. The fourth-order valence-electron chi connectivity index (χ4n) is 1.45. The van der Waals surface area contributed by atoms with Crippen LogP contribution in [0.4, 0.5) is 14.5 Å². The number of halogens is 3. The van der Waals surface area contributed by atoms with E-state index >= 15 is 0 Å². The molecule has 1 aromatic rings. The van der Waals surface area contributed by atoms with Gasteiger partial charge in [0.2, 0.25) is 0 Å². The van der Waals surface area contributed by atoms with E-state index in [4.69, 9.17) is 4.74 Å². The second-order valence-electron chi connectivity index (χ2n) is 4.19. The van der Waals surface area contributed by atoms with Crippen molar-refractivity contribution in [2.75, 3.05) is 19.0 Å². The number of nitrogens with one attached hydrogen (secondary N) is 1. The maximum atomic E-state index is 13.6. The first kappa shape index (κ1) is 14.4. The Morgan fingerprint density at radius 1 is 1.29 bits per heavy atom. The molecule has 1 N–H and O–H groups in total. The number of anilines is 1. The smallest absolute Gasteiger partial charge is 0.150 e. The lowest BCUT2D eigenvalue weighted by Crippen LogP contribution is -2.31. The molecule has 0 bridgehead atoms. The zero-order valence-corrected chi connectivity index (χ0v) is 11.6. The van der Waals surface area contributed by atoms with Crippen molar-refractivity contribution in [3.8, 4) is 0 Å². The Balaban J connectivity index is 2.93. The molecule has 1 atom stereocenters. The molecule has 1 rings (SSSR count). The van der Waals surface area contributed by atoms with Crippen molar-refractivity contribution in [2.45, 2.75) is 19.9 Å². The Morgan fingerprint density at radius 3 is 2.24 bits per heavy atom. The maximum absolute atomic E-state index is 13.6. The molecule has 0 aliphatic rings. The minimum Gasteiger partial charge on any atom is -0.383 e. The van der Waals surface area contributed by atoms with E-state index in [0.29, 0.717) is 11.1 Å². The average molecular weight is 308 g/mol. The van der Waals surface area contributed by atoms with Gasteiger partial charge in [-0.1, -0.05) is 29.8 Å². The van der Waals surface area contributed by atoms with Gasteiger partial charge in [-0.2, -0.15) is 0 Å². The summed E-state index contributed by atoms with van der Waals surface area (Å²) in [6.45, 7) is 4.32. The van der Waals surface area contributed by atoms with E-state index in [1.165, 1.54) is 12.1 Å². The van der Waals surface area contributed by atoms with E-state index in [1.54, 1.807) is 7.11 Å². The van der Waals surface area contributed by atoms with Gasteiger partial charge in [-0.3, -0.25) is 0 Å². The molecule has 1 unspecified atom stereocenters. The molecule has 2 nitrogen and oxygen atoms in total. The summed E-state index contributed by atoms with van der Waals surface area (Å²) in [5.74, 6) is -1.02. The molecule has 0 aliphatic heterocycles. The first-order chi connectivity index (χ1) is 7.95. The van der Waals surface area contributed by atoms with E-state index in [-0.39, 0.29) is 17.6 Å². The van der Waals surface area contributed by atoms with Crippen LogP contribution in [0.1, 0.15) is 13.8 Å². The molecule has 0 amide bonds. The molecule has 0 aromatic heterocycles. The van der Waals surface area contributed by atoms with Crippen LogP contribution in [0.25, 0.3) is 0 Å². The van der Waals surface area contributed by atoms with Crippen molar-refractivity contribution in [2.24, 2.45) is 5.92 Å². The summed E-state index contributed by atoms with van der Waals surface area (Å²) in [6, 6.07) is 2.33. The first-order valence-electron chi connectivity index (χ1n) is 5.35. The van der Waals surface area contributed by atoms with Crippen LogP contribution in [-0.2, 0) is 4.74 Å². The quantitative estimate of drug-likeness (QED) is 0.893. The molecule has 1 aromatic carbocycles. The summed E-state index contributed by atoms with van der Waals surface area (Å²) in [4.78, 5) is 0. The van der Waals surface area contributed by atoms with Crippen LogP contribution in [-0.4, -0.2) is 19.8 Å². The van der Waals surface area contributed by atoms with Crippen molar-refractivity contribution in [1.82, 2.24) is 0 Å². The number of hydrogen-bond donors (Lipinski definition) is 1. The van der Waals surface area contributed by atoms with Gasteiger partial charge in [-0.25, -0.2) is 8.78 Å². The first-order valence-corrected chi connectivity index (χ1v) is 6.15. The number of benzene rings is 1. The van der Waals surface area contributed by atoms with E-state index in [9.17, 15) is 8.78 Å². The number of rotatable bonds is 5. The molecular weight excluding hydrogens is 292 g/mol. The van der Waals surface area contributed by atoms with Crippen LogP contribution in [0.3, 0.4) is 0 Å². The second kappa shape index (κ2) is 6.31. The molecule has 0 heterocycles. The van der Waals surface area contributed by atoms with Crippen LogP contribution in [0.15, 0.2) is 16.6 Å². The largest absolute Gasteiger partial charge is 0.383 e. The third-order valence-electron chi connectivity index (χ3n) is 2.49. The lowest BCUT2D eigenvalue weighted by Gasteiger charge is -2.23. The summed E-state index contributed by atoms with van der Waals surface area (Å²) in [6.07, 6.45) is 0. The van der Waals surface area contributed by atoms with Gasteiger partial charge in [0.05, 0.1) is 12.6 Å². The molecule has 0 fully saturated rings. The number of ether oxygens (including phenoxy) is 1. The lowest BCUT2D eigenvalue weighted by atomic mass is 10.0. The van der Waals surface area contributed by atoms with Gasteiger partial charge < -0.3 is 10.1 Å². The molecule has 0 spiro atoms. The van der Waals surface area contributed by atoms with Crippen molar-refractivity contribution in [3.63, 3.8) is 0 Å². The number of hydrogen-bond acceptors (Lipinski definition) is 2. The fourth-order valence-corrected chi connectivity index (χ4v) is 1.85. The molecule has 0 saturated carbocycles. The normalized spacial score (nSPS) is 12.9. The molecular formula is C12H16BrF2NO. The van der Waals surface area contributed by atoms with Crippen molar-refractivity contribution >= 4 is 21.6 Å². The predicted octanol–water partition coefficient (Wildman–Crippen LogP) is 3.81. The summed E-state index contributed by atoms with van der Waals surface area (Å²) < 4.78 is 32.6. The number of methoxy groups -OCH3 is 1. The van der Waals surface area contributed by atoms with Gasteiger partial charge in [0, 0.05) is 11.6 Å². The zero-order valence-electron chi connectivity index (χ0n) is 10.1. The monoisotopic (exact) mass is 307 g/mol. The minimum absolute atomic E-state index is 0.107. The third kappa shape index (κ3) is 3.92. The highest BCUT2D eigenvalue weighted by atomic mass is 79.9. The Kier molecular flexibility index (Phi) is 5.33. The Bertz CT molecular complexity index is 362. The van der Waals surface area contributed by atoms with Gasteiger partial charge in [0.1, 0.15) is 17.3 Å². The van der Waals surface area contributed by atoms with Crippen molar-refractivity contribution in [1.29, 1.82) is 0 Å². The highest BCUT2D eigenvalue weighted by Gasteiger charge is 2.18. The maximum Gasteiger partial charge on any atom is 0.150 e. The Hall–Kier alpha value is -0.680. The zero-order chi connectivity index (χ0) is 13.0. The summed E-state index contributed by atoms with van der Waals surface area (Å²) in [5, 5.41) is 2.85. The van der Waals surface area contributed by atoms with Gasteiger partial charge >= 0.3 is 0 Å². The highest BCUT2D eigenvalue weighted by molar-refractivity contribution is 9.10. The van der Waals surface area contributed by atoms with Crippen LogP contribution >= 0.6 is 15.9 Å². The molecule has 5 heteroatoms. The molecule has 0 radical (unpaired) electrons. The topological polar surface area (TPSA) is 21.3 Å². The summed E-state index contributed by atoms with van der Waals surface area (Å²) in [5.41, 5.74) is -0.107. The van der Waals surface area contributed by atoms with Crippen molar-refractivity contribution in [3.05, 3.63) is 28.2 Å². The van der Waals surface area contributed by atoms with Crippen LogP contribution in [0.5, 0.6) is 0 Å². The SMILES string of the molecule is COCC(Nc1c(F)cc(Br)cc1F)C(C)C. The standard InChI is InChI=1S/C12H16BrF2NO/c1-7(2)11(6-17-3)16-12-9(14)4-8(13)5-10(12)15/h4-5,7,11,16H,6H2,1-3H3. The highest BCUT2D eigenvalue weighted by Crippen LogP contribution is 2.25. The van der Waals surface area contributed by atoms with E-state index < -0.39 is 11.6 Å². The van der Waals surface area contributed by atoms with Crippen LogP contribution in [0, 0.1) is 17.6 Å². The van der Waals surface area contributed by atoms with Crippen LogP contribution in [0.2, 0.25) is 0 Å². The third-order valence-corrected chi connectivity index (χ3v) is 2.95.